The first-order chi connectivity index (χ1) is 11.7. The van der Waals surface area contributed by atoms with Crippen molar-refractivity contribution in [3.05, 3.63) is 26.9 Å². The van der Waals surface area contributed by atoms with E-state index in [2.05, 4.69) is 4.85 Å². The van der Waals surface area contributed by atoms with Gasteiger partial charge in [0.05, 0.1) is 21.2 Å². The Labute approximate surface area is 147 Å². The third-order valence-corrected chi connectivity index (χ3v) is 6.04. The second-order valence-electron chi connectivity index (χ2n) is 5.39. The van der Waals surface area contributed by atoms with Crippen LogP contribution in [0.15, 0.2) is 5.70 Å². The summed E-state index contributed by atoms with van der Waals surface area (Å²) in [5.41, 5.74) is 0.615. The number of rotatable bonds is 2. The fourth-order valence-electron chi connectivity index (χ4n) is 2.68. The lowest BCUT2D eigenvalue weighted by Gasteiger charge is -2.18. The molecule has 0 saturated heterocycles. The lowest BCUT2D eigenvalue weighted by molar-refractivity contribution is 0.171. The number of hydrogen-bond acceptors (Lipinski definition) is 6. The van der Waals surface area contributed by atoms with Crippen LogP contribution in [0.2, 0.25) is 0 Å². The molecule has 0 N–H and O–H groups in total. The third kappa shape index (κ3) is 2.43. The standard InChI is InChI=1S/C17H15NO4S2/c1-9(18-3)8-11-13-15(22-7-5-20-13)17(24-11)16-14-12(10(2)23-16)19-4-6-21-14/h8H,4-7H2,1-2H3/b9-8-. The van der Waals surface area contributed by atoms with Crippen molar-refractivity contribution in [2.75, 3.05) is 26.4 Å². The largest absolute Gasteiger partial charge is 0.485 e. The van der Waals surface area contributed by atoms with Gasteiger partial charge in [0.1, 0.15) is 26.4 Å². The van der Waals surface area contributed by atoms with E-state index in [4.69, 9.17) is 25.5 Å². The molecular weight excluding hydrogens is 346 g/mol. The molecule has 24 heavy (non-hydrogen) atoms. The van der Waals surface area contributed by atoms with Crippen LogP contribution in [0.1, 0.15) is 16.7 Å². The topological polar surface area (TPSA) is 41.3 Å². The highest BCUT2D eigenvalue weighted by Gasteiger charge is 2.31. The SMILES string of the molecule is [C-]#[N+]/C(C)=C\c1sc(-c2sc(C)c3c2OCCO3)c2c1OCCO2. The maximum Gasteiger partial charge on any atom is 0.181 e. The Bertz CT molecular complexity index is 872. The second kappa shape index (κ2) is 6.04. The fraction of sp³-hybridized carbons (Fsp3) is 0.353. The van der Waals surface area contributed by atoms with Gasteiger partial charge in [0.25, 0.3) is 0 Å². The highest BCUT2D eigenvalue weighted by atomic mass is 32.1. The van der Waals surface area contributed by atoms with E-state index in [1.165, 1.54) is 0 Å². The van der Waals surface area contributed by atoms with Crippen LogP contribution in [0.25, 0.3) is 20.7 Å². The average molecular weight is 361 g/mol. The number of ether oxygens (including phenoxy) is 4. The van der Waals surface area contributed by atoms with Gasteiger partial charge in [0.2, 0.25) is 0 Å². The highest BCUT2D eigenvalue weighted by molar-refractivity contribution is 7.23. The minimum Gasteiger partial charge on any atom is -0.485 e. The van der Waals surface area contributed by atoms with Crippen molar-refractivity contribution < 1.29 is 18.9 Å². The van der Waals surface area contributed by atoms with Crippen LogP contribution >= 0.6 is 22.7 Å². The fourth-order valence-corrected chi connectivity index (χ4v) is 5.04. The first-order valence-corrected chi connectivity index (χ1v) is 9.20. The van der Waals surface area contributed by atoms with Crippen molar-refractivity contribution in [1.82, 2.24) is 0 Å². The Balaban J connectivity index is 1.89. The van der Waals surface area contributed by atoms with Crippen molar-refractivity contribution in [2.24, 2.45) is 0 Å². The van der Waals surface area contributed by atoms with E-state index in [1.54, 1.807) is 29.6 Å². The van der Waals surface area contributed by atoms with Crippen LogP contribution in [0.4, 0.5) is 0 Å². The smallest absolute Gasteiger partial charge is 0.181 e. The van der Waals surface area contributed by atoms with Crippen molar-refractivity contribution in [3.8, 4) is 32.8 Å². The second-order valence-corrected chi connectivity index (χ2v) is 7.67. The van der Waals surface area contributed by atoms with Gasteiger partial charge in [-0.05, 0) is 19.9 Å². The van der Waals surface area contributed by atoms with Gasteiger partial charge in [0, 0.05) is 4.88 Å². The van der Waals surface area contributed by atoms with E-state index in [0.29, 0.717) is 32.1 Å². The first kappa shape index (κ1) is 15.4. The van der Waals surface area contributed by atoms with E-state index in [-0.39, 0.29) is 0 Å². The molecule has 4 heterocycles. The number of aryl methyl sites for hydroxylation is 1. The molecule has 2 aromatic rings. The van der Waals surface area contributed by atoms with Crippen molar-refractivity contribution >= 4 is 28.7 Å². The zero-order chi connectivity index (χ0) is 16.7. The van der Waals surface area contributed by atoms with Gasteiger partial charge in [-0.25, -0.2) is 4.85 Å². The summed E-state index contributed by atoms with van der Waals surface area (Å²) in [4.78, 5) is 7.45. The Morgan fingerprint density at radius 1 is 0.917 bits per heavy atom. The maximum absolute atomic E-state index is 7.15. The zero-order valence-corrected chi connectivity index (χ0v) is 14.9. The minimum absolute atomic E-state index is 0.516. The molecule has 0 amide bonds. The predicted octanol–water partition coefficient (Wildman–Crippen LogP) is 4.61. The Morgan fingerprint density at radius 3 is 2.12 bits per heavy atom. The van der Waals surface area contributed by atoms with Gasteiger partial charge in [-0.2, -0.15) is 0 Å². The number of fused-ring (bicyclic) bond motifs is 2. The lowest BCUT2D eigenvalue weighted by atomic mass is 10.2. The summed E-state index contributed by atoms with van der Waals surface area (Å²) in [5, 5.41) is 0. The minimum atomic E-state index is 0.516. The first-order valence-electron chi connectivity index (χ1n) is 7.56. The van der Waals surface area contributed by atoms with E-state index < -0.39 is 0 Å². The zero-order valence-electron chi connectivity index (χ0n) is 13.3. The normalized spacial score (nSPS) is 16.0. The number of thiophene rings is 2. The Hall–Kier alpha value is -2.17. The molecule has 5 nitrogen and oxygen atoms in total. The van der Waals surface area contributed by atoms with Gasteiger partial charge in [-0.3, -0.25) is 0 Å². The van der Waals surface area contributed by atoms with Gasteiger partial charge in [-0.15, -0.1) is 22.7 Å². The van der Waals surface area contributed by atoms with Gasteiger partial charge in [-0.1, -0.05) is 0 Å². The quantitative estimate of drug-likeness (QED) is 0.733. The molecule has 0 unspecified atom stereocenters. The predicted molar refractivity (Wildman–Crippen MR) is 94.6 cm³/mol. The van der Waals surface area contributed by atoms with E-state index in [9.17, 15) is 0 Å². The molecule has 0 atom stereocenters. The summed E-state index contributed by atoms with van der Waals surface area (Å²) < 4.78 is 23.3. The van der Waals surface area contributed by atoms with Crippen LogP contribution in [0.3, 0.4) is 0 Å². The van der Waals surface area contributed by atoms with E-state index in [1.807, 2.05) is 13.0 Å². The molecular formula is C17H15NO4S2. The van der Waals surface area contributed by atoms with Crippen molar-refractivity contribution in [3.63, 3.8) is 0 Å². The lowest BCUT2D eigenvalue weighted by Crippen LogP contribution is -2.15. The maximum atomic E-state index is 7.15. The van der Waals surface area contributed by atoms with E-state index in [0.717, 1.165) is 42.5 Å². The number of allylic oxidation sites excluding steroid dienone is 1. The summed E-state index contributed by atoms with van der Waals surface area (Å²) in [5.74, 6) is 3.09. The van der Waals surface area contributed by atoms with Crippen molar-refractivity contribution in [1.29, 1.82) is 0 Å². The van der Waals surface area contributed by atoms with Crippen LogP contribution < -0.4 is 18.9 Å². The summed E-state index contributed by atoms with van der Waals surface area (Å²) in [6, 6.07) is 0. The highest BCUT2D eigenvalue weighted by Crippen LogP contribution is 2.57. The molecule has 7 heteroatoms. The molecule has 0 bridgehead atoms. The van der Waals surface area contributed by atoms with Gasteiger partial charge < -0.3 is 18.9 Å². The molecule has 0 aromatic carbocycles. The average Bonchev–Trinajstić information content (AvgIpc) is 3.14. The third-order valence-electron chi connectivity index (χ3n) is 3.71. The van der Waals surface area contributed by atoms with Crippen LogP contribution in [0, 0.1) is 13.5 Å². The molecule has 0 radical (unpaired) electrons. The Kier molecular flexibility index (Phi) is 3.87. The Morgan fingerprint density at radius 2 is 1.46 bits per heavy atom. The molecule has 4 rings (SSSR count). The number of hydrogen-bond donors (Lipinski definition) is 0. The van der Waals surface area contributed by atoms with E-state index >= 15 is 0 Å². The van der Waals surface area contributed by atoms with Crippen molar-refractivity contribution in [2.45, 2.75) is 13.8 Å². The number of nitrogens with zero attached hydrogens (tertiary/aromatic N) is 1. The van der Waals surface area contributed by atoms with Gasteiger partial charge in [0.15, 0.2) is 28.7 Å². The summed E-state index contributed by atoms with van der Waals surface area (Å²) >= 11 is 3.20. The molecule has 0 spiro atoms. The summed E-state index contributed by atoms with van der Waals surface area (Å²) in [6.45, 7) is 13.1. The van der Waals surface area contributed by atoms with Gasteiger partial charge >= 0.3 is 0 Å². The molecule has 0 saturated carbocycles. The van der Waals surface area contributed by atoms with Crippen LogP contribution in [-0.2, 0) is 0 Å². The molecule has 2 aliphatic rings. The monoisotopic (exact) mass is 361 g/mol. The summed E-state index contributed by atoms with van der Waals surface area (Å²) in [6.07, 6.45) is 1.85. The molecule has 2 aliphatic heterocycles. The molecule has 124 valence electrons. The molecule has 0 aliphatic carbocycles. The van der Waals surface area contributed by atoms with Crippen LogP contribution in [0.5, 0.6) is 23.0 Å². The van der Waals surface area contributed by atoms with Crippen LogP contribution in [-0.4, -0.2) is 26.4 Å². The molecule has 2 aromatic heterocycles. The summed E-state index contributed by atoms with van der Waals surface area (Å²) in [7, 11) is 0. The molecule has 0 fully saturated rings.